The van der Waals surface area contributed by atoms with Crippen LogP contribution >= 0.6 is 11.6 Å². The Morgan fingerprint density at radius 1 is 1.38 bits per heavy atom. The molecule has 134 valence electrons. The van der Waals surface area contributed by atoms with E-state index < -0.39 is 12.6 Å². The molecular formula is C16H22ClF3N4. The largest absolute Gasteiger partial charge is 0.390 e. The van der Waals surface area contributed by atoms with E-state index in [1.165, 1.54) is 0 Å². The third kappa shape index (κ3) is 5.87. The van der Waals surface area contributed by atoms with Crippen LogP contribution in [0.15, 0.2) is 29.3 Å². The lowest BCUT2D eigenvalue weighted by molar-refractivity contribution is -0.138. The van der Waals surface area contributed by atoms with Crippen LogP contribution in [-0.2, 0) is 0 Å². The molecule has 24 heavy (non-hydrogen) atoms. The van der Waals surface area contributed by atoms with Crippen LogP contribution in [0, 0.1) is 0 Å². The smallest absolute Gasteiger partial charge is 0.354 e. The highest BCUT2D eigenvalue weighted by Crippen LogP contribution is 2.25. The molecule has 1 aliphatic rings. The minimum atomic E-state index is -4.17. The van der Waals surface area contributed by atoms with E-state index in [1.54, 1.807) is 24.1 Å². The van der Waals surface area contributed by atoms with Crippen LogP contribution in [0.25, 0.3) is 0 Å². The van der Waals surface area contributed by atoms with Gasteiger partial charge in [0.1, 0.15) is 0 Å². The maximum Gasteiger partial charge on any atom is 0.390 e. The van der Waals surface area contributed by atoms with Gasteiger partial charge in [-0.3, -0.25) is 9.89 Å². The highest BCUT2D eigenvalue weighted by molar-refractivity contribution is 6.30. The molecule has 2 atom stereocenters. The van der Waals surface area contributed by atoms with Crippen molar-refractivity contribution in [3.63, 3.8) is 0 Å². The molecule has 0 fully saturated rings. The number of alkyl halides is 3. The van der Waals surface area contributed by atoms with E-state index in [0.717, 1.165) is 5.56 Å². The molecule has 0 aliphatic carbocycles. The normalized spacial score (nSPS) is 19.1. The third-order valence-corrected chi connectivity index (χ3v) is 4.16. The standard InChI is InChI=1S/C16H22ClF3N4/c1-11-9-21-15(23-11)22-10-14(12-3-5-13(17)6-4-12)24(2)8-7-16(18,19)20/h3-6,11,14H,7-10H2,1-2H3,(H2,21,22,23). The fourth-order valence-electron chi connectivity index (χ4n) is 2.53. The molecular weight excluding hydrogens is 341 g/mol. The molecule has 0 spiro atoms. The number of rotatable bonds is 6. The molecule has 0 radical (unpaired) electrons. The van der Waals surface area contributed by atoms with Gasteiger partial charge in [0.15, 0.2) is 5.96 Å². The summed E-state index contributed by atoms with van der Waals surface area (Å²) in [6, 6.07) is 7.22. The van der Waals surface area contributed by atoms with Crippen LogP contribution in [0.2, 0.25) is 5.02 Å². The topological polar surface area (TPSA) is 39.7 Å². The predicted molar refractivity (Wildman–Crippen MR) is 90.4 cm³/mol. The molecule has 0 aromatic heterocycles. The summed E-state index contributed by atoms with van der Waals surface area (Å²) in [7, 11) is 1.69. The quantitative estimate of drug-likeness (QED) is 0.816. The Morgan fingerprint density at radius 2 is 2.04 bits per heavy atom. The minimum absolute atomic E-state index is 0.0746. The van der Waals surface area contributed by atoms with Gasteiger partial charge in [0, 0.05) is 24.2 Å². The van der Waals surface area contributed by atoms with Crippen LogP contribution in [0.5, 0.6) is 0 Å². The van der Waals surface area contributed by atoms with Crippen molar-refractivity contribution in [2.24, 2.45) is 4.99 Å². The summed E-state index contributed by atoms with van der Waals surface area (Å²) in [6.45, 7) is 3.09. The second-order valence-electron chi connectivity index (χ2n) is 6.03. The van der Waals surface area contributed by atoms with Gasteiger partial charge >= 0.3 is 6.18 Å². The van der Waals surface area contributed by atoms with Gasteiger partial charge in [-0.1, -0.05) is 23.7 Å². The van der Waals surface area contributed by atoms with Crippen LogP contribution in [0.1, 0.15) is 24.9 Å². The van der Waals surface area contributed by atoms with Gasteiger partial charge in [-0.25, -0.2) is 0 Å². The van der Waals surface area contributed by atoms with Gasteiger partial charge in [0.25, 0.3) is 0 Å². The van der Waals surface area contributed by atoms with Crippen molar-refractivity contribution in [2.75, 3.05) is 26.7 Å². The Labute approximate surface area is 145 Å². The Kier molecular flexibility index (Phi) is 6.34. The zero-order valence-corrected chi connectivity index (χ0v) is 14.5. The van der Waals surface area contributed by atoms with Gasteiger partial charge in [-0.2, -0.15) is 13.2 Å². The Balaban J connectivity index is 2.04. The van der Waals surface area contributed by atoms with Crippen molar-refractivity contribution < 1.29 is 13.2 Å². The number of halogens is 4. The summed E-state index contributed by atoms with van der Waals surface area (Å²) in [5.41, 5.74) is 0.906. The van der Waals surface area contributed by atoms with Crippen molar-refractivity contribution in [1.29, 1.82) is 0 Å². The first-order valence-corrected chi connectivity index (χ1v) is 8.20. The molecule has 8 heteroatoms. The lowest BCUT2D eigenvalue weighted by atomic mass is 10.1. The molecule has 0 saturated carbocycles. The lowest BCUT2D eigenvalue weighted by Gasteiger charge is -2.29. The van der Waals surface area contributed by atoms with Crippen molar-refractivity contribution >= 4 is 17.6 Å². The molecule has 1 aromatic carbocycles. The fourth-order valence-corrected chi connectivity index (χ4v) is 2.65. The van der Waals surface area contributed by atoms with Gasteiger partial charge < -0.3 is 10.6 Å². The number of nitrogens with one attached hydrogen (secondary N) is 2. The van der Waals surface area contributed by atoms with Gasteiger partial charge in [-0.15, -0.1) is 0 Å². The van der Waals surface area contributed by atoms with E-state index >= 15 is 0 Å². The van der Waals surface area contributed by atoms with Crippen LogP contribution in [0.3, 0.4) is 0 Å². The van der Waals surface area contributed by atoms with Crippen molar-refractivity contribution in [3.8, 4) is 0 Å². The summed E-state index contributed by atoms with van der Waals surface area (Å²) < 4.78 is 37.6. The summed E-state index contributed by atoms with van der Waals surface area (Å²) in [5, 5.41) is 6.97. The second kappa shape index (κ2) is 8.07. The fraction of sp³-hybridized carbons (Fsp3) is 0.562. The maximum absolute atomic E-state index is 12.5. The Morgan fingerprint density at radius 3 is 2.58 bits per heavy atom. The monoisotopic (exact) mass is 362 g/mol. The van der Waals surface area contributed by atoms with E-state index in [2.05, 4.69) is 15.6 Å². The van der Waals surface area contributed by atoms with Crippen LogP contribution < -0.4 is 10.6 Å². The number of nitrogens with zero attached hydrogens (tertiary/aromatic N) is 2. The molecule has 2 rings (SSSR count). The summed E-state index contributed by atoms with van der Waals surface area (Å²) in [4.78, 5) is 6.01. The van der Waals surface area contributed by atoms with E-state index in [0.29, 0.717) is 24.1 Å². The zero-order chi connectivity index (χ0) is 17.7. The molecule has 1 aromatic rings. The summed E-state index contributed by atoms with van der Waals surface area (Å²) in [5.74, 6) is 0.686. The van der Waals surface area contributed by atoms with Crippen molar-refractivity contribution in [2.45, 2.75) is 31.6 Å². The van der Waals surface area contributed by atoms with Gasteiger partial charge in [0.2, 0.25) is 0 Å². The molecule has 4 nitrogen and oxygen atoms in total. The average molecular weight is 363 g/mol. The average Bonchev–Trinajstić information content (AvgIpc) is 2.92. The van der Waals surface area contributed by atoms with E-state index in [9.17, 15) is 13.2 Å². The molecule has 0 amide bonds. The third-order valence-electron chi connectivity index (χ3n) is 3.90. The van der Waals surface area contributed by atoms with Gasteiger partial charge in [-0.05, 0) is 31.7 Å². The first-order chi connectivity index (χ1) is 11.2. The number of aliphatic imine (C=N–C) groups is 1. The maximum atomic E-state index is 12.5. The second-order valence-corrected chi connectivity index (χ2v) is 6.47. The number of benzene rings is 1. The van der Waals surface area contributed by atoms with E-state index in [1.807, 2.05) is 19.1 Å². The number of hydrogen-bond acceptors (Lipinski definition) is 4. The van der Waals surface area contributed by atoms with Gasteiger partial charge in [0.05, 0.1) is 19.0 Å². The molecule has 0 saturated heterocycles. The minimum Gasteiger partial charge on any atom is -0.354 e. The SMILES string of the molecule is CC1CN=C(NCC(c2ccc(Cl)cc2)N(C)CCC(F)(F)F)N1. The predicted octanol–water partition coefficient (Wildman–Crippen LogP) is 3.20. The Bertz CT molecular complexity index is 559. The van der Waals surface area contributed by atoms with E-state index in [4.69, 9.17) is 11.6 Å². The highest BCUT2D eigenvalue weighted by atomic mass is 35.5. The lowest BCUT2D eigenvalue weighted by Crippen LogP contribution is -2.42. The number of guanidine groups is 1. The molecule has 1 heterocycles. The molecule has 1 aliphatic heterocycles. The van der Waals surface area contributed by atoms with Crippen LogP contribution in [-0.4, -0.2) is 49.8 Å². The summed E-state index contributed by atoms with van der Waals surface area (Å²) >= 11 is 5.91. The Hall–Kier alpha value is -1.47. The first kappa shape index (κ1) is 18.9. The molecule has 2 unspecified atom stereocenters. The first-order valence-electron chi connectivity index (χ1n) is 7.82. The van der Waals surface area contributed by atoms with E-state index in [-0.39, 0.29) is 18.6 Å². The van der Waals surface area contributed by atoms with Crippen LogP contribution in [0.4, 0.5) is 13.2 Å². The van der Waals surface area contributed by atoms with Crippen molar-refractivity contribution in [3.05, 3.63) is 34.9 Å². The highest BCUT2D eigenvalue weighted by Gasteiger charge is 2.29. The summed E-state index contributed by atoms with van der Waals surface area (Å²) in [6.07, 6.45) is -5.01. The number of hydrogen-bond donors (Lipinski definition) is 2. The number of likely N-dealkylation sites (N-methyl/N-ethyl adjacent to an activating group) is 1. The molecule has 0 bridgehead atoms. The molecule has 2 N–H and O–H groups in total. The zero-order valence-electron chi connectivity index (χ0n) is 13.7. The van der Waals surface area contributed by atoms with Crippen molar-refractivity contribution in [1.82, 2.24) is 15.5 Å².